The second-order valence-corrected chi connectivity index (χ2v) is 5.65. The number of rotatable bonds is 3. The summed E-state index contributed by atoms with van der Waals surface area (Å²) in [5.41, 5.74) is 2.60. The predicted octanol–water partition coefficient (Wildman–Crippen LogP) is 4.75. The van der Waals surface area contributed by atoms with Crippen molar-refractivity contribution in [3.63, 3.8) is 0 Å². The molecule has 0 atom stereocenters. The monoisotopic (exact) mass is 281 g/mol. The van der Waals surface area contributed by atoms with E-state index < -0.39 is 0 Å². The Morgan fingerprint density at radius 1 is 1.25 bits per heavy atom. The Kier molecular flexibility index (Phi) is 4.28. The van der Waals surface area contributed by atoms with Crippen molar-refractivity contribution in [3.05, 3.63) is 28.2 Å². The molecule has 0 radical (unpaired) electrons. The van der Waals surface area contributed by atoms with Gasteiger partial charge in [0, 0.05) is 16.7 Å². The van der Waals surface area contributed by atoms with Gasteiger partial charge in [0.25, 0.3) is 0 Å². The highest BCUT2D eigenvalue weighted by atomic mass is 79.9. The Labute approximate surface area is 107 Å². The lowest BCUT2D eigenvalue weighted by molar-refractivity contribution is 0.373. The third kappa shape index (κ3) is 3.00. The lowest BCUT2D eigenvalue weighted by Gasteiger charge is -2.23. The minimum Gasteiger partial charge on any atom is -0.385 e. The minimum atomic E-state index is 0.882. The number of nitrogens with one attached hydrogen (secondary N) is 1. The summed E-state index contributed by atoms with van der Waals surface area (Å²) in [7, 11) is 0. The van der Waals surface area contributed by atoms with E-state index in [0.29, 0.717) is 0 Å². The first-order valence-electron chi connectivity index (χ1n) is 6.26. The third-order valence-electron chi connectivity index (χ3n) is 3.57. The molecule has 0 heterocycles. The molecule has 0 aromatic heterocycles. The quantitative estimate of drug-likeness (QED) is 0.843. The lowest BCUT2D eigenvalue weighted by Crippen LogP contribution is -2.17. The van der Waals surface area contributed by atoms with Crippen LogP contribution in [0.15, 0.2) is 22.7 Å². The highest BCUT2D eigenvalue weighted by Gasteiger charge is 2.13. The van der Waals surface area contributed by atoms with Gasteiger partial charge in [0.15, 0.2) is 0 Å². The van der Waals surface area contributed by atoms with E-state index >= 15 is 0 Å². The number of anilines is 1. The van der Waals surface area contributed by atoms with Crippen molar-refractivity contribution in [2.24, 2.45) is 5.92 Å². The van der Waals surface area contributed by atoms with Crippen LogP contribution in [0.5, 0.6) is 0 Å². The van der Waals surface area contributed by atoms with E-state index in [9.17, 15) is 0 Å². The Morgan fingerprint density at radius 2 is 2.00 bits per heavy atom. The average Bonchev–Trinajstić information content (AvgIpc) is 2.32. The van der Waals surface area contributed by atoms with E-state index in [1.165, 1.54) is 47.8 Å². The molecule has 1 aromatic rings. The Morgan fingerprint density at radius 3 is 2.75 bits per heavy atom. The maximum Gasteiger partial charge on any atom is 0.0381 e. The topological polar surface area (TPSA) is 12.0 Å². The summed E-state index contributed by atoms with van der Waals surface area (Å²) < 4.78 is 1.20. The van der Waals surface area contributed by atoms with Crippen molar-refractivity contribution >= 4 is 21.6 Å². The molecule has 1 saturated carbocycles. The summed E-state index contributed by atoms with van der Waals surface area (Å²) in [6.07, 6.45) is 7.08. The fraction of sp³-hybridized carbons (Fsp3) is 0.571. The first-order valence-corrected chi connectivity index (χ1v) is 7.05. The molecule has 1 aliphatic carbocycles. The van der Waals surface area contributed by atoms with Gasteiger partial charge in [-0.05, 0) is 43.4 Å². The Bertz CT molecular complexity index is 343. The summed E-state index contributed by atoms with van der Waals surface area (Å²) >= 11 is 3.57. The smallest absolute Gasteiger partial charge is 0.0381 e. The van der Waals surface area contributed by atoms with Gasteiger partial charge in [0.2, 0.25) is 0 Å². The molecule has 1 aromatic carbocycles. The molecule has 1 aliphatic rings. The number of halogens is 1. The number of hydrogen-bond donors (Lipinski definition) is 1. The van der Waals surface area contributed by atoms with E-state index in [1.807, 2.05) is 0 Å². The summed E-state index contributed by atoms with van der Waals surface area (Å²) in [6.45, 7) is 3.30. The molecule has 2 rings (SSSR count). The highest BCUT2D eigenvalue weighted by Crippen LogP contribution is 2.26. The fourth-order valence-corrected chi connectivity index (χ4v) is 2.81. The van der Waals surface area contributed by atoms with Crippen LogP contribution in [0.25, 0.3) is 0 Å². The number of benzene rings is 1. The van der Waals surface area contributed by atoms with Gasteiger partial charge in [0.05, 0.1) is 0 Å². The summed E-state index contributed by atoms with van der Waals surface area (Å²) in [5.74, 6) is 0.882. The second kappa shape index (κ2) is 5.72. The molecule has 1 fully saturated rings. The zero-order chi connectivity index (χ0) is 11.4. The van der Waals surface area contributed by atoms with E-state index in [1.54, 1.807) is 0 Å². The van der Waals surface area contributed by atoms with E-state index in [-0.39, 0.29) is 0 Å². The molecule has 0 amide bonds. The van der Waals surface area contributed by atoms with Gasteiger partial charge in [-0.1, -0.05) is 41.3 Å². The third-order valence-corrected chi connectivity index (χ3v) is 4.43. The first-order chi connectivity index (χ1) is 7.77. The summed E-state index contributed by atoms with van der Waals surface area (Å²) in [6, 6.07) is 6.37. The largest absolute Gasteiger partial charge is 0.385 e. The normalized spacial score (nSPS) is 17.4. The van der Waals surface area contributed by atoms with Crippen molar-refractivity contribution in [2.75, 3.05) is 11.9 Å². The summed E-state index contributed by atoms with van der Waals surface area (Å²) in [5, 5.41) is 3.59. The highest BCUT2D eigenvalue weighted by molar-refractivity contribution is 9.10. The molecule has 0 saturated heterocycles. The van der Waals surface area contributed by atoms with Crippen LogP contribution in [-0.4, -0.2) is 6.54 Å². The van der Waals surface area contributed by atoms with Crippen LogP contribution >= 0.6 is 15.9 Å². The van der Waals surface area contributed by atoms with Crippen LogP contribution in [0.2, 0.25) is 0 Å². The molecule has 88 valence electrons. The second-order valence-electron chi connectivity index (χ2n) is 4.80. The summed E-state index contributed by atoms with van der Waals surface area (Å²) in [4.78, 5) is 0. The van der Waals surface area contributed by atoms with Crippen LogP contribution in [0.3, 0.4) is 0 Å². The Hall–Kier alpha value is -0.500. The van der Waals surface area contributed by atoms with Gasteiger partial charge in [-0.3, -0.25) is 0 Å². The van der Waals surface area contributed by atoms with Gasteiger partial charge >= 0.3 is 0 Å². The van der Waals surface area contributed by atoms with Crippen LogP contribution in [0.1, 0.15) is 37.7 Å². The van der Waals surface area contributed by atoms with Gasteiger partial charge < -0.3 is 5.32 Å². The molecule has 0 spiro atoms. The zero-order valence-electron chi connectivity index (χ0n) is 9.93. The molecule has 1 N–H and O–H groups in total. The molecule has 16 heavy (non-hydrogen) atoms. The van der Waals surface area contributed by atoms with E-state index in [0.717, 1.165) is 12.5 Å². The van der Waals surface area contributed by atoms with Crippen LogP contribution < -0.4 is 5.32 Å². The fourth-order valence-electron chi connectivity index (χ4n) is 2.44. The lowest BCUT2D eigenvalue weighted by atomic mass is 9.89. The van der Waals surface area contributed by atoms with Crippen LogP contribution in [0.4, 0.5) is 5.69 Å². The molecule has 1 nitrogen and oxygen atoms in total. The van der Waals surface area contributed by atoms with Crippen LogP contribution in [0, 0.1) is 12.8 Å². The van der Waals surface area contributed by atoms with Gasteiger partial charge in [-0.15, -0.1) is 0 Å². The molecule has 2 heteroatoms. The zero-order valence-corrected chi connectivity index (χ0v) is 11.5. The van der Waals surface area contributed by atoms with Gasteiger partial charge in [0.1, 0.15) is 0 Å². The Balaban J connectivity index is 1.91. The molecule has 0 unspecified atom stereocenters. The van der Waals surface area contributed by atoms with E-state index in [4.69, 9.17) is 0 Å². The molecule has 0 bridgehead atoms. The molecular weight excluding hydrogens is 262 g/mol. The van der Waals surface area contributed by atoms with E-state index in [2.05, 4.69) is 46.4 Å². The van der Waals surface area contributed by atoms with Gasteiger partial charge in [-0.25, -0.2) is 0 Å². The standard InChI is InChI=1S/C14H20BrN/c1-11-13(15)8-5-9-14(11)16-10-12-6-3-2-4-7-12/h5,8-9,12,16H,2-4,6-7,10H2,1H3. The van der Waals surface area contributed by atoms with Crippen molar-refractivity contribution in [1.29, 1.82) is 0 Å². The van der Waals surface area contributed by atoms with Crippen molar-refractivity contribution in [3.8, 4) is 0 Å². The molecular formula is C14H20BrN. The number of hydrogen-bond acceptors (Lipinski definition) is 1. The predicted molar refractivity (Wildman–Crippen MR) is 73.9 cm³/mol. The van der Waals surface area contributed by atoms with Crippen LogP contribution in [-0.2, 0) is 0 Å². The SMILES string of the molecule is Cc1c(Br)cccc1NCC1CCCCC1. The van der Waals surface area contributed by atoms with Crippen molar-refractivity contribution < 1.29 is 0 Å². The minimum absolute atomic E-state index is 0.882. The maximum absolute atomic E-state index is 3.59. The van der Waals surface area contributed by atoms with Crippen molar-refractivity contribution in [1.82, 2.24) is 0 Å². The maximum atomic E-state index is 3.59. The van der Waals surface area contributed by atoms with Crippen molar-refractivity contribution in [2.45, 2.75) is 39.0 Å². The molecule has 0 aliphatic heterocycles. The average molecular weight is 282 g/mol. The van der Waals surface area contributed by atoms with Gasteiger partial charge in [-0.2, -0.15) is 0 Å². The first kappa shape index (κ1) is 12.0.